The molecule has 1 aliphatic rings. The number of carbonyl (C=O) groups excluding carboxylic acids is 1. The Morgan fingerprint density at radius 2 is 2.14 bits per heavy atom. The van der Waals surface area contributed by atoms with Crippen molar-refractivity contribution in [2.45, 2.75) is 52.1 Å². The van der Waals surface area contributed by atoms with Crippen LogP contribution < -0.4 is 5.32 Å². The van der Waals surface area contributed by atoms with E-state index in [9.17, 15) is 14.7 Å². The lowest BCUT2D eigenvalue weighted by Gasteiger charge is -2.46. The Balaban J connectivity index is 2.67. The summed E-state index contributed by atoms with van der Waals surface area (Å²) in [7, 11) is 1.62. The van der Waals surface area contributed by atoms with Gasteiger partial charge in [-0.25, -0.2) is 0 Å². The highest BCUT2D eigenvalue weighted by Crippen LogP contribution is 2.36. The Morgan fingerprint density at radius 1 is 1.48 bits per heavy atom. The number of ether oxygens (including phenoxy) is 1. The first-order chi connectivity index (χ1) is 9.81. The number of amides is 1. The number of nitrogens with one attached hydrogen (secondary N) is 1. The molecule has 1 heterocycles. The number of carboxylic acid groups (broad SMARTS) is 1. The highest BCUT2D eigenvalue weighted by molar-refractivity contribution is 5.83. The van der Waals surface area contributed by atoms with Gasteiger partial charge in [0.25, 0.3) is 0 Å². The molecule has 1 fully saturated rings. The van der Waals surface area contributed by atoms with Gasteiger partial charge in [0.15, 0.2) is 0 Å². The van der Waals surface area contributed by atoms with Crippen LogP contribution in [0.15, 0.2) is 0 Å². The minimum atomic E-state index is -0.848. The van der Waals surface area contributed by atoms with E-state index < -0.39 is 18.1 Å². The third kappa shape index (κ3) is 4.68. The van der Waals surface area contributed by atoms with E-state index in [0.29, 0.717) is 19.7 Å². The number of likely N-dealkylation sites (tertiary alicyclic amines) is 1. The maximum Gasteiger partial charge on any atom is 0.321 e. The monoisotopic (exact) mass is 300 g/mol. The van der Waals surface area contributed by atoms with Gasteiger partial charge in [0, 0.05) is 20.3 Å². The number of rotatable bonds is 7. The van der Waals surface area contributed by atoms with Crippen LogP contribution >= 0.6 is 0 Å². The molecule has 2 N–H and O–H groups in total. The second-order valence-electron chi connectivity index (χ2n) is 6.38. The first-order valence-electron chi connectivity index (χ1n) is 7.56. The fourth-order valence-electron chi connectivity index (χ4n) is 3.05. The highest BCUT2D eigenvalue weighted by Gasteiger charge is 2.45. The molecule has 6 heteroatoms. The van der Waals surface area contributed by atoms with Gasteiger partial charge in [-0.3, -0.25) is 14.5 Å². The van der Waals surface area contributed by atoms with Crippen molar-refractivity contribution in [3.05, 3.63) is 0 Å². The lowest BCUT2D eigenvalue weighted by molar-refractivity contribution is -0.154. The third-order valence-electron chi connectivity index (χ3n) is 4.24. The lowest BCUT2D eigenvalue weighted by Crippen LogP contribution is -2.60. The molecule has 0 aromatic heterocycles. The summed E-state index contributed by atoms with van der Waals surface area (Å²) in [5.74, 6) is -0.964. The first kappa shape index (κ1) is 17.9. The summed E-state index contributed by atoms with van der Waals surface area (Å²) >= 11 is 0. The molecule has 0 aromatic carbocycles. The smallest absolute Gasteiger partial charge is 0.321 e. The molecule has 21 heavy (non-hydrogen) atoms. The summed E-state index contributed by atoms with van der Waals surface area (Å²) in [6.07, 6.45) is 2.53. The molecular weight excluding hydrogens is 272 g/mol. The van der Waals surface area contributed by atoms with E-state index in [1.807, 2.05) is 18.7 Å². The molecule has 0 bridgehead atoms. The van der Waals surface area contributed by atoms with Gasteiger partial charge in [-0.2, -0.15) is 0 Å². The standard InChI is InChI=1S/C15H28N2O4/c1-11(13(18)16-8-6-10-21-4)17-9-5-7-15(2,3)12(17)14(19)20/h11-12H,5-10H2,1-4H3,(H,16,18)(H,19,20). The first-order valence-corrected chi connectivity index (χ1v) is 7.56. The molecule has 1 aliphatic heterocycles. The average molecular weight is 300 g/mol. The molecule has 1 amide bonds. The topological polar surface area (TPSA) is 78.9 Å². The molecule has 1 rings (SSSR count). The van der Waals surface area contributed by atoms with Gasteiger partial charge in [-0.1, -0.05) is 13.8 Å². The van der Waals surface area contributed by atoms with Crippen molar-refractivity contribution in [2.75, 3.05) is 26.8 Å². The van der Waals surface area contributed by atoms with E-state index in [1.165, 1.54) is 0 Å². The lowest BCUT2D eigenvalue weighted by atomic mass is 9.76. The Bertz CT molecular complexity index is 371. The summed E-state index contributed by atoms with van der Waals surface area (Å²) in [6.45, 7) is 7.49. The zero-order valence-corrected chi connectivity index (χ0v) is 13.5. The maximum absolute atomic E-state index is 12.2. The summed E-state index contributed by atoms with van der Waals surface area (Å²) < 4.78 is 4.94. The van der Waals surface area contributed by atoms with Crippen LogP contribution in [-0.2, 0) is 14.3 Å². The molecule has 0 radical (unpaired) electrons. The van der Waals surface area contributed by atoms with E-state index in [2.05, 4.69) is 5.32 Å². The molecule has 0 aliphatic carbocycles. The zero-order valence-electron chi connectivity index (χ0n) is 13.5. The van der Waals surface area contributed by atoms with E-state index in [4.69, 9.17) is 4.74 Å². The fraction of sp³-hybridized carbons (Fsp3) is 0.867. The van der Waals surface area contributed by atoms with Crippen molar-refractivity contribution >= 4 is 11.9 Å². The van der Waals surface area contributed by atoms with Crippen molar-refractivity contribution in [2.24, 2.45) is 5.41 Å². The maximum atomic E-state index is 12.2. The van der Waals surface area contributed by atoms with Gasteiger partial charge in [0.1, 0.15) is 6.04 Å². The Hall–Kier alpha value is -1.14. The molecule has 1 saturated heterocycles. The van der Waals surface area contributed by atoms with Gasteiger partial charge < -0.3 is 15.2 Å². The van der Waals surface area contributed by atoms with Crippen LogP contribution in [0, 0.1) is 5.41 Å². The van der Waals surface area contributed by atoms with Crippen LogP contribution in [0.1, 0.15) is 40.0 Å². The van der Waals surface area contributed by atoms with Crippen LogP contribution in [0.2, 0.25) is 0 Å². The van der Waals surface area contributed by atoms with Gasteiger partial charge in [0.05, 0.1) is 6.04 Å². The predicted molar refractivity (Wildman–Crippen MR) is 80.1 cm³/mol. The van der Waals surface area contributed by atoms with Crippen molar-refractivity contribution in [3.63, 3.8) is 0 Å². The molecule has 0 aromatic rings. The summed E-state index contributed by atoms with van der Waals surface area (Å²) in [4.78, 5) is 25.6. The zero-order chi connectivity index (χ0) is 16.0. The van der Waals surface area contributed by atoms with Crippen molar-refractivity contribution in [1.29, 1.82) is 0 Å². The summed E-state index contributed by atoms with van der Waals surface area (Å²) in [5.41, 5.74) is -0.325. The van der Waals surface area contributed by atoms with E-state index in [-0.39, 0.29) is 11.3 Å². The number of methoxy groups -OCH3 is 1. The van der Waals surface area contributed by atoms with Crippen molar-refractivity contribution in [3.8, 4) is 0 Å². The Morgan fingerprint density at radius 3 is 2.71 bits per heavy atom. The molecular formula is C15H28N2O4. The van der Waals surface area contributed by atoms with E-state index in [0.717, 1.165) is 19.3 Å². The van der Waals surface area contributed by atoms with Crippen LogP contribution in [-0.4, -0.2) is 60.8 Å². The fourth-order valence-corrected chi connectivity index (χ4v) is 3.05. The van der Waals surface area contributed by atoms with Gasteiger partial charge in [0.2, 0.25) is 5.91 Å². The molecule has 2 unspecified atom stereocenters. The number of carbonyl (C=O) groups is 2. The minimum Gasteiger partial charge on any atom is -0.480 e. The van der Waals surface area contributed by atoms with Gasteiger partial charge >= 0.3 is 5.97 Å². The van der Waals surface area contributed by atoms with Crippen molar-refractivity contribution < 1.29 is 19.4 Å². The van der Waals surface area contributed by atoms with Gasteiger partial charge in [-0.15, -0.1) is 0 Å². The number of nitrogens with zero attached hydrogens (tertiary/aromatic N) is 1. The number of carboxylic acids is 1. The predicted octanol–water partition coefficient (Wildman–Crippen LogP) is 1.10. The van der Waals surface area contributed by atoms with Crippen LogP contribution in [0.3, 0.4) is 0 Å². The number of piperidine rings is 1. The highest BCUT2D eigenvalue weighted by atomic mass is 16.5. The molecule has 122 valence electrons. The molecule has 6 nitrogen and oxygen atoms in total. The molecule has 0 spiro atoms. The van der Waals surface area contributed by atoms with Crippen molar-refractivity contribution in [1.82, 2.24) is 10.2 Å². The van der Waals surface area contributed by atoms with Crippen LogP contribution in [0.5, 0.6) is 0 Å². The van der Waals surface area contributed by atoms with Gasteiger partial charge in [-0.05, 0) is 38.1 Å². The largest absolute Gasteiger partial charge is 0.480 e. The summed E-state index contributed by atoms with van der Waals surface area (Å²) in [5, 5.41) is 12.4. The SMILES string of the molecule is COCCCNC(=O)C(C)N1CCCC(C)(C)C1C(=O)O. The average Bonchev–Trinajstić information content (AvgIpc) is 2.40. The number of hydrogen-bond acceptors (Lipinski definition) is 4. The van der Waals surface area contributed by atoms with E-state index >= 15 is 0 Å². The minimum absolute atomic E-state index is 0.116. The second kappa shape index (κ2) is 7.75. The quantitative estimate of drug-likeness (QED) is 0.688. The Kier molecular flexibility index (Phi) is 6.61. The molecule has 2 atom stereocenters. The number of hydrogen-bond donors (Lipinski definition) is 2. The van der Waals surface area contributed by atoms with E-state index in [1.54, 1.807) is 14.0 Å². The second-order valence-corrected chi connectivity index (χ2v) is 6.38. The number of aliphatic carboxylic acids is 1. The van der Waals surface area contributed by atoms with Crippen LogP contribution in [0.4, 0.5) is 0 Å². The molecule has 0 saturated carbocycles. The Labute approximate surface area is 126 Å². The van der Waals surface area contributed by atoms with Crippen LogP contribution in [0.25, 0.3) is 0 Å². The normalized spacial score (nSPS) is 23.5. The summed E-state index contributed by atoms with van der Waals surface area (Å²) in [6, 6.07) is -1.06. The third-order valence-corrected chi connectivity index (χ3v) is 4.24.